The van der Waals surface area contributed by atoms with Crippen molar-refractivity contribution in [3.05, 3.63) is 128 Å². The standard InChI is InChI=1S/C15H12BrNO2.C14H11BrO2/c16-12-6-7-15(13(8-12)14(18)9-17)19-10-11-4-2-1-3-5-11;15-13-6-7-14(12(8-13)9-16)17-10-11-4-2-1-3-5-11/h1-8,14,18H,10H2;1-9H,10H2. The second kappa shape index (κ2) is 14.2. The SMILES string of the molecule is N#CC(O)c1cc(Br)ccc1OCc1ccccc1.O=Cc1cc(Br)ccc1OCc1ccccc1. The molecule has 1 unspecified atom stereocenters. The van der Waals surface area contributed by atoms with Gasteiger partial charge >= 0.3 is 0 Å². The highest BCUT2D eigenvalue weighted by molar-refractivity contribution is 9.10. The zero-order chi connectivity index (χ0) is 25.8. The zero-order valence-corrected chi connectivity index (χ0v) is 22.4. The van der Waals surface area contributed by atoms with Gasteiger partial charge in [0.15, 0.2) is 12.4 Å². The third kappa shape index (κ3) is 8.35. The van der Waals surface area contributed by atoms with E-state index in [1.54, 1.807) is 30.3 Å². The molecule has 0 saturated heterocycles. The van der Waals surface area contributed by atoms with Crippen molar-refractivity contribution in [2.45, 2.75) is 19.3 Å². The number of benzene rings is 4. The van der Waals surface area contributed by atoms with Crippen LogP contribution in [0, 0.1) is 11.3 Å². The minimum absolute atomic E-state index is 0.396. The predicted octanol–water partition coefficient (Wildman–Crippen LogP) is 7.43. The average Bonchev–Trinajstić information content (AvgIpc) is 2.92. The highest BCUT2D eigenvalue weighted by atomic mass is 79.9. The first-order valence-electron chi connectivity index (χ1n) is 11.0. The fraction of sp³-hybridized carbons (Fsp3) is 0.103. The minimum atomic E-state index is -1.19. The lowest BCUT2D eigenvalue weighted by atomic mass is 10.1. The maximum atomic E-state index is 10.9. The highest BCUT2D eigenvalue weighted by Crippen LogP contribution is 2.29. The molecule has 0 aliphatic heterocycles. The zero-order valence-electron chi connectivity index (χ0n) is 19.2. The van der Waals surface area contributed by atoms with Crippen molar-refractivity contribution in [3.63, 3.8) is 0 Å². The van der Waals surface area contributed by atoms with Gasteiger partial charge in [0.2, 0.25) is 0 Å². The van der Waals surface area contributed by atoms with E-state index in [1.165, 1.54) is 0 Å². The fourth-order valence-corrected chi connectivity index (χ4v) is 3.91. The van der Waals surface area contributed by atoms with E-state index in [2.05, 4.69) is 31.9 Å². The summed E-state index contributed by atoms with van der Waals surface area (Å²) in [7, 11) is 0. The topological polar surface area (TPSA) is 79.5 Å². The summed E-state index contributed by atoms with van der Waals surface area (Å²) in [5.74, 6) is 1.12. The molecule has 1 N–H and O–H groups in total. The molecule has 0 saturated carbocycles. The molecule has 4 aromatic carbocycles. The Labute approximate surface area is 227 Å². The van der Waals surface area contributed by atoms with Crippen LogP contribution in [0.1, 0.15) is 33.2 Å². The largest absolute Gasteiger partial charge is 0.488 e. The van der Waals surface area contributed by atoms with E-state index in [4.69, 9.17) is 14.7 Å². The van der Waals surface area contributed by atoms with Crippen LogP contribution in [0.4, 0.5) is 0 Å². The van der Waals surface area contributed by atoms with Gasteiger partial charge in [-0.05, 0) is 47.5 Å². The first-order chi connectivity index (χ1) is 17.5. The normalized spacial score (nSPS) is 10.8. The van der Waals surface area contributed by atoms with Crippen molar-refractivity contribution < 1.29 is 19.4 Å². The summed E-state index contributed by atoms with van der Waals surface area (Å²) >= 11 is 6.63. The van der Waals surface area contributed by atoms with Crippen LogP contribution >= 0.6 is 31.9 Å². The molecule has 0 fully saturated rings. The van der Waals surface area contributed by atoms with E-state index in [1.807, 2.05) is 72.8 Å². The van der Waals surface area contributed by atoms with Crippen LogP contribution in [0.3, 0.4) is 0 Å². The Kier molecular flexibility index (Phi) is 10.7. The Hall–Kier alpha value is -3.44. The van der Waals surface area contributed by atoms with E-state index in [0.29, 0.717) is 35.8 Å². The summed E-state index contributed by atoms with van der Waals surface area (Å²) in [5.41, 5.74) is 3.12. The number of hydrogen-bond acceptors (Lipinski definition) is 5. The van der Waals surface area contributed by atoms with E-state index >= 15 is 0 Å². The predicted molar refractivity (Wildman–Crippen MR) is 146 cm³/mol. The second-order valence-electron chi connectivity index (χ2n) is 7.56. The molecule has 7 heteroatoms. The van der Waals surface area contributed by atoms with Crippen LogP contribution in [0.25, 0.3) is 0 Å². The van der Waals surface area contributed by atoms with Gasteiger partial charge in [0, 0.05) is 14.5 Å². The first-order valence-corrected chi connectivity index (χ1v) is 12.5. The number of hydrogen-bond donors (Lipinski definition) is 1. The minimum Gasteiger partial charge on any atom is -0.488 e. The molecule has 0 bridgehead atoms. The van der Waals surface area contributed by atoms with Gasteiger partial charge in [0.1, 0.15) is 24.7 Å². The number of carbonyl (C=O) groups is 1. The monoisotopic (exact) mass is 607 g/mol. The molecule has 0 aliphatic carbocycles. The van der Waals surface area contributed by atoms with Crippen LogP contribution in [-0.4, -0.2) is 11.4 Å². The lowest BCUT2D eigenvalue weighted by Crippen LogP contribution is -2.01. The van der Waals surface area contributed by atoms with Crippen molar-refractivity contribution in [2.75, 3.05) is 0 Å². The van der Waals surface area contributed by atoms with E-state index in [-0.39, 0.29) is 0 Å². The van der Waals surface area contributed by atoms with Gasteiger partial charge in [0.05, 0.1) is 11.6 Å². The van der Waals surface area contributed by atoms with Crippen LogP contribution in [0.5, 0.6) is 11.5 Å². The lowest BCUT2D eigenvalue weighted by molar-refractivity contribution is 0.111. The molecule has 4 rings (SSSR count). The molecule has 36 heavy (non-hydrogen) atoms. The summed E-state index contributed by atoms with van der Waals surface area (Å²) in [6.07, 6.45) is -0.395. The maximum absolute atomic E-state index is 10.9. The maximum Gasteiger partial charge on any atom is 0.169 e. The second-order valence-corrected chi connectivity index (χ2v) is 9.39. The molecular weight excluding hydrogens is 586 g/mol. The lowest BCUT2D eigenvalue weighted by Gasteiger charge is -2.12. The number of aliphatic hydroxyl groups excluding tert-OH is 1. The van der Waals surface area contributed by atoms with Crippen LogP contribution in [-0.2, 0) is 13.2 Å². The Bertz CT molecular complexity index is 1310. The Morgan fingerprint density at radius 3 is 1.81 bits per heavy atom. The fourth-order valence-electron chi connectivity index (χ4n) is 3.15. The van der Waals surface area contributed by atoms with E-state index < -0.39 is 6.10 Å². The van der Waals surface area contributed by atoms with Gasteiger partial charge < -0.3 is 14.6 Å². The Morgan fingerprint density at radius 1 is 0.778 bits per heavy atom. The molecule has 5 nitrogen and oxygen atoms in total. The summed E-state index contributed by atoms with van der Waals surface area (Å²) in [6.45, 7) is 0.858. The van der Waals surface area contributed by atoms with Crippen molar-refractivity contribution in [2.24, 2.45) is 0 Å². The van der Waals surface area contributed by atoms with Crippen molar-refractivity contribution >= 4 is 38.1 Å². The number of carbonyl (C=O) groups excluding carboxylic acids is 1. The van der Waals surface area contributed by atoms with E-state index in [0.717, 1.165) is 26.4 Å². The summed E-state index contributed by atoms with van der Waals surface area (Å²) in [6, 6.07) is 32.0. The third-order valence-electron chi connectivity index (χ3n) is 4.96. The molecule has 0 heterocycles. The molecule has 0 aliphatic rings. The van der Waals surface area contributed by atoms with Crippen LogP contribution in [0.2, 0.25) is 0 Å². The summed E-state index contributed by atoms with van der Waals surface area (Å²) in [4.78, 5) is 10.9. The molecule has 0 aromatic heterocycles. The number of ether oxygens (including phenoxy) is 2. The average molecular weight is 609 g/mol. The number of nitrogens with zero attached hydrogens (tertiary/aromatic N) is 1. The number of aldehydes is 1. The number of rotatable bonds is 8. The molecule has 0 spiro atoms. The Balaban J connectivity index is 0.000000202. The van der Waals surface area contributed by atoms with Crippen molar-refractivity contribution in [1.82, 2.24) is 0 Å². The van der Waals surface area contributed by atoms with Crippen LogP contribution in [0.15, 0.2) is 106 Å². The van der Waals surface area contributed by atoms with Crippen molar-refractivity contribution in [1.29, 1.82) is 5.26 Å². The first kappa shape index (κ1) is 27.2. The van der Waals surface area contributed by atoms with Gasteiger partial charge in [-0.1, -0.05) is 92.5 Å². The summed E-state index contributed by atoms with van der Waals surface area (Å²) < 4.78 is 12.9. The van der Waals surface area contributed by atoms with Gasteiger partial charge in [0.25, 0.3) is 0 Å². The quantitative estimate of drug-likeness (QED) is 0.166. The van der Waals surface area contributed by atoms with Gasteiger partial charge in [-0.25, -0.2) is 0 Å². The molecular formula is C29H23Br2NO4. The third-order valence-corrected chi connectivity index (χ3v) is 5.95. The number of nitriles is 1. The molecule has 0 amide bonds. The molecule has 4 aromatic rings. The van der Waals surface area contributed by atoms with Gasteiger partial charge in [-0.2, -0.15) is 5.26 Å². The molecule has 182 valence electrons. The smallest absolute Gasteiger partial charge is 0.169 e. The Morgan fingerprint density at radius 2 is 1.28 bits per heavy atom. The van der Waals surface area contributed by atoms with Gasteiger partial charge in [-0.15, -0.1) is 0 Å². The van der Waals surface area contributed by atoms with E-state index in [9.17, 15) is 9.90 Å². The van der Waals surface area contributed by atoms with Crippen LogP contribution < -0.4 is 9.47 Å². The molecule has 1 atom stereocenters. The number of aliphatic hydroxyl groups is 1. The van der Waals surface area contributed by atoms with Gasteiger partial charge in [-0.3, -0.25) is 4.79 Å². The molecule has 0 radical (unpaired) electrons. The summed E-state index contributed by atoms with van der Waals surface area (Å²) in [5, 5.41) is 18.5. The highest BCUT2D eigenvalue weighted by Gasteiger charge is 2.13. The number of halogens is 2. The van der Waals surface area contributed by atoms with Crippen molar-refractivity contribution in [3.8, 4) is 17.6 Å².